The number of benzene rings is 1. The Balaban J connectivity index is 1.47. The van der Waals surface area contributed by atoms with Gasteiger partial charge in [0.2, 0.25) is 0 Å². The van der Waals surface area contributed by atoms with Crippen molar-refractivity contribution in [3.8, 4) is 0 Å². The lowest BCUT2D eigenvalue weighted by molar-refractivity contribution is -0.530. The molecule has 4 aliphatic rings. The molecule has 5 nitrogen and oxygen atoms in total. The molecule has 1 saturated heterocycles. The van der Waals surface area contributed by atoms with Crippen LogP contribution in [0.25, 0.3) is 0 Å². The molecule has 0 bridgehead atoms. The number of nitrogens with zero attached hydrogens (tertiary/aromatic N) is 2. The van der Waals surface area contributed by atoms with Crippen LogP contribution in [-0.4, -0.2) is 41.6 Å². The van der Waals surface area contributed by atoms with Crippen LogP contribution < -0.4 is 10.2 Å². The average Bonchev–Trinajstić information content (AvgIpc) is 3.47. The summed E-state index contributed by atoms with van der Waals surface area (Å²) in [5, 5.41) is 3.11. The summed E-state index contributed by atoms with van der Waals surface area (Å²) >= 11 is 0. The predicted octanol–water partition coefficient (Wildman–Crippen LogP) is 5.10. The second-order valence-corrected chi connectivity index (χ2v) is 10.3. The molecule has 1 aromatic carbocycles. The van der Waals surface area contributed by atoms with Crippen LogP contribution in [0.1, 0.15) is 45.6 Å². The van der Waals surface area contributed by atoms with Crippen molar-refractivity contribution in [1.82, 2.24) is 5.32 Å². The van der Waals surface area contributed by atoms with Crippen LogP contribution in [0.2, 0.25) is 0 Å². The van der Waals surface area contributed by atoms with E-state index in [4.69, 9.17) is 4.74 Å². The number of amides is 1. The topological polar surface area (TPSA) is 44.6 Å². The van der Waals surface area contributed by atoms with Gasteiger partial charge in [0.15, 0.2) is 12.3 Å². The van der Waals surface area contributed by atoms with Gasteiger partial charge in [-0.1, -0.05) is 36.4 Å². The number of rotatable bonds is 3. The lowest BCUT2D eigenvalue weighted by Crippen LogP contribution is -2.33. The fourth-order valence-corrected chi connectivity index (χ4v) is 5.30. The summed E-state index contributed by atoms with van der Waals surface area (Å²) < 4.78 is 8.04. The third-order valence-corrected chi connectivity index (χ3v) is 6.81. The van der Waals surface area contributed by atoms with Crippen molar-refractivity contribution < 1.29 is 14.1 Å². The summed E-state index contributed by atoms with van der Waals surface area (Å²) in [7, 11) is 0. The Morgan fingerprint density at radius 3 is 2.82 bits per heavy atom. The summed E-state index contributed by atoms with van der Waals surface area (Å²) in [4.78, 5) is 15.1. The first kappa shape index (κ1) is 21.7. The van der Waals surface area contributed by atoms with Gasteiger partial charge >= 0.3 is 6.09 Å². The number of nitrogens with one attached hydrogen (secondary N) is 1. The van der Waals surface area contributed by atoms with Crippen molar-refractivity contribution >= 4 is 18.0 Å². The molecular weight excluding hydrogens is 410 g/mol. The van der Waals surface area contributed by atoms with Crippen LogP contribution in [0.4, 0.5) is 10.5 Å². The molecule has 2 aliphatic carbocycles. The van der Waals surface area contributed by atoms with Gasteiger partial charge < -0.3 is 9.64 Å². The SMILES string of the molecule is CC(C)(C)OC(=O)NC1=C(C=[N+]2CCC3C=CC=CC32)CC/C1=C\N1CCc2ccccc21. The van der Waals surface area contributed by atoms with Gasteiger partial charge in [-0.25, -0.2) is 9.37 Å². The Bertz CT molecular complexity index is 1100. The van der Waals surface area contributed by atoms with Crippen LogP contribution in [0.5, 0.6) is 0 Å². The highest BCUT2D eigenvalue weighted by Crippen LogP contribution is 2.34. The van der Waals surface area contributed by atoms with Gasteiger partial charge in [-0.3, -0.25) is 5.32 Å². The number of alkyl carbamates (subject to hydrolysis) is 1. The van der Waals surface area contributed by atoms with Crippen LogP contribution >= 0.6 is 0 Å². The number of ether oxygens (including phenoxy) is 1. The molecule has 1 amide bonds. The number of carbonyl (C=O) groups excluding carboxylic acids is 1. The maximum absolute atomic E-state index is 12.8. The zero-order valence-electron chi connectivity index (χ0n) is 19.9. The standard InChI is InChI=1S/C28H33N3O2/c1-28(2,3)33-27(32)29-26-22(18-30-16-14-20-8-4-6-10-24(20)30)12-13-23(26)19-31-17-15-21-9-5-7-11-25(21)31/h4-11,18-20,24H,12-17H2,1-3H3/p+1/b23-19+. The molecule has 2 heterocycles. The van der Waals surface area contributed by atoms with Crippen LogP contribution in [-0.2, 0) is 11.2 Å². The number of hydrogen-bond donors (Lipinski definition) is 1. The molecule has 1 fully saturated rings. The number of carbonyl (C=O) groups is 1. The van der Waals surface area contributed by atoms with Gasteiger partial charge in [-0.15, -0.1) is 0 Å². The summed E-state index contributed by atoms with van der Waals surface area (Å²) in [6, 6.07) is 8.98. The summed E-state index contributed by atoms with van der Waals surface area (Å²) in [5.74, 6) is 0.576. The first-order valence-electron chi connectivity index (χ1n) is 12.1. The fourth-order valence-electron chi connectivity index (χ4n) is 5.30. The Kier molecular flexibility index (Phi) is 5.73. The van der Waals surface area contributed by atoms with Crippen LogP contribution in [0, 0.1) is 5.92 Å². The van der Waals surface area contributed by atoms with E-state index in [9.17, 15) is 4.79 Å². The summed E-state index contributed by atoms with van der Waals surface area (Å²) in [6.45, 7) is 7.69. The minimum Gasteiger partial charge on any atom is -0.444 e. The highest BCUT2D eigenvalue weighted by atomic mass is 16.6. The van der Waals surface area contributed by atoms with Crippen molar-refractivity contribution in [3.63, 3.8) is 0 Å². The molecule has 1 N–H and O–H groups in total. The monoisotopic (exact) mass is 444 g/mol. The molecule has 5 heteroatoms. The lowest BCUT2D eigenvalue weighted by atomic mass is 9.96. The van der Waals surface area contributed by atoms with Crippen LogP contribution in [0.3, 0.4) is 0 Å². The lowest BCUT2D eigenvalue weighted by Gasteiger charge is -2.21. The van der Waals surface area contributed by atoms with Crippen molar-refractivity contribution in [1.29, 1.82) is 0 Å². The Morgan fingerprint density at radius 2 is 1.97 bits per heavy atom. The molecule has 33 heavy (non-hydrogen) atoms. The van der Waals surface area contributed by atoms with Gasteiger partial charge in [0.25, 0.3) is 0 Å². The number of para-hydroxylation sites is 1. The zero-order valence-corrected chi connectivity index (χ0v) is 19.9. The maximum atomic E-state index is 12.8. The highest BCUT2D eigenvalue weighted by Gasteiger charge is 2.36. The molecule has 2 aliphatic heterocycles. The minimum absolute atomic E-state index is 0.391. The quantitative estimate of drug-likeness (QED) is 0.660. The third kappa shape index (κ3) is 4.68. The smallest absolute Gasteiger partial charge is 0.412 e. The van der Waals surface area contributed by atoms with Crippen molar-refractivity contribution in [2.75, 3.05) is 18.0 Å². The number of hydrogen-bond acceptors (Lipinski definition) is 3. The van der Waals surface area contributed by atoms with E-state index < -0.39 is 11.7 Å². The van der Waals surface area contributed by atoms with Gasteiger partial charge in [0.05, 0.1) is 5.70 Å². The van der Waals surface area contributed by atoms with E-state index >= 15 is 0 Å². The normalized spacial score (nSPS) is 26.3. The number of anilines is 1. The van der Waals surface area contributed by atoms with Gasteiger partial charge in [0, 0.05) is 36.3 Å². The van der Waals surface area contributed by atoms with E-state index in [1.54, 1.807) is 0 Å². The van der Waals surface area contributed by atoms with E-state index in [1.807, 2.05) is 20.8 Å². The predicted molar refractivity (Wildman–Crippen MR) is 133 cm³/mol. The zero-order chi connectivity index (χ0) is 23.0. The van der Waals surface area contributed by atoms with Gasteiger partial charge in [-0.2, -0.15) is 0 Å². The largest absolute Gasteiger partial charge is 0.444 e. The van der Waals surface area contributed by atoms with Crippen LogP contribution in [0.15, 0.2) is 71.6 Å². The average molecular weight is 445 g/mol. The molecule has 0 saturated carbocycles. The highest BCUT2D eigenvalue weighted by molar-refractivity contribution is 5.83. The fraction of sp³-hybridized carbons (Fsp3) is 0.429. The second-order valence-electron chi connectivity index (χ2n) is 10.3. The molecular formula is C28H34N3O2+. The van der Waals surface area contributed by atoms with Gasteiger partial charge in [0.1, 0.15) is 12.1 Å². The second kappa shape index (κ2) is 8.69. The first-order chi connectivity index (χ1) is 15.9. The van der Waals surface area contributed by atoms with E-state index in [-0.39, 0.29) is 0 Å². The number of allylic oxidation sites excluding steroid dienone is 4. The van der Waals surface area contributed by atoms with Crippen molar-refractivity contribution in [2.45, 2.75) is 58.1 Å². The molecule has 2 atom stereocenters. The number of fused-ring (bicyclic) bond motifs is 2. The maximum Gasteiger partial charge on any atom is 0.412 e. The Morgan fingerprint density at radius 1 is 1.15 bits per heavy atom. The van der Waals surface area contributed by atoms with Gasteiger partial charge in [-0.05, 0) is 63.3 Å². The minimum atomic E-state index is -0.535. The summed E-state index contributed by atoms with van der Waals surface area (Å²) in [5.41, 5.74) is 5.37. The third-order valence-electron chi connectivity index (χ3n) is 6.81. The molecule has 0 aromatic heterocycles. The first-order valence-corrected chi connectivity index (χ1v) is 12.1. The van der Waals surface area contributed by atoms with Crippen molar-refractivity contribution in [2.24, 2.45) is 5.92 Å². The molecule has 172 valence electrons. The molecule has 1 aromatic rings. The van der Waals surface area contributed by atoms with E-state index in [0.29, 0.717) is 12.0 Å². The van der Waals surface area contributed by atoms with E-state index in [1.165, 1.54) is 22.4 Å². The Hall–Kier alpha value is -3.08. The molecule has 2 unspecified atom stereocenters. The summed E-state index contributed by atoms with van der Waals surface area (Å²) in [6.07, 6.45) is 17.1. The van der Waals surface area contributed by atoms with E-state index in [0.717, 1.165) is 44.5 Å². The molecule has 0 radical (unpaired) electrons. The van der Waals surface area contributed by atoms with E-state index in [2.05, 4.69) is 75.8 Å². The van der Waals surface area contributed by atoms with Crippen molar-refractivity contribution in [3.05, 3.63) is 77.2 Å². The molecule has 5 rings (SSSR count). The molecule has 0 spiro atoms. The Labute approximate surface area is 196 Å².